The fraction of sp³-hybridized carbons (Fsp3) is 0.300. The van der Waals surface area contributed by atoms with Crippen molar-refractivity contribution in [1.29, 1.82) is 0 Å². The van der Waals surface area contributed by atoms with Crippen LogP contribution in [0.1, 0.15) is 36.6 Å². The number of benzene rings is 3. The van der Waals surface area contributed by atoms with Crippen molar-refractivity contribution in [3.05, 3.63) is 101 Å². The number of nitrogens with zero attached hydrogens (tertiary/aromatic N) is 2. The minimum atomic E-state index is 0.0638. The van der Waals surface area contributed by atoms with Crippen molar-refractivity contribution >= 4 is 34.1 Å². The summed E-state index contributed by atoms with van der Waals surface area (Å²) >= 11 is 6.25. The van der Waals surface area contributed by atoms with Gasteiger partial charge in [0.1, 0.15) is 0 Å². The molecule has 0 saturated carbocycles. The molecule has 1 aliphatic rings. The molecule has 4 aromatic rings. The Morgan fingerprint density at radius 3 is 2.49 bits per heavy atom. The highest BCUT2D eigenvalue weighted by Gasteiger charge is 2.26. The average molecular weight is 486 g/mol. The third-order valence-electron chi connectivity index (χ3n) is 7.07. The number of hydrogen-bond acceptors (Lipinski definition) is 2. The van der Waals surface area contributed by atoms with E-state index in [0.29, 0.717) is 0 Å². The van der Waals surface area contributed by atoms with Crippen LogP contribution in [-0.4, -0.2) is 28.5 Å². The maximum atomic E-state index is 12.9. The Morgan fingerprint density at radius 2 is 1.69 bits per heavy atom. The van der Waals surface area contributed by atoms with Gasteiger partial charge < -0.3 is 9.88 Å². The molecule has 5 heteroatoms. The van der Waals surface area contributed by atoms with Gasteiger partial charge in [0.2, 0.25) is 5.91 Å². The quantitative estimate of drug-likeness (QED) is 0.314. The number of amides is 1. The number of hydrogen-bond donors (Lipinski definition) is 1. The molecule has 35 heavy (non-hydrogen) atoms. The molecular weight excluding hydrogens is 454 g/mol. The van der Waals surface area contributed by atoms with Crippen LogP contribution in [0.25, 0.3) is 10.9 Å². The van der Waals surface area contributed by atoms with Crippen molar-refractivity contribution < 1.29 is 4.79 Å². The number of carbonyl (C=O) groups excluding carboxylic acids is 1. The molecular formula is C30H32ClN3O. The van der Waals surface area contributed by atoms with Crippen LogP contribution in [0.5, 0.6) is 0 Å². The summed E-state index contributed by atoms with van der Waals surface area (Å²) in [5, 5.41) is 5.16. The Balaban J connectivity index is 1.25. The molecule has 0 atom stereocenters. The van der Waals surface area contributed by atoms with E-state index in [0.717, 1.165) is 56.2 Å². The molecule has 0 unspecified atom stereocenters. The number of likely N-dealkylation sites (tertiary alicyclic amines) is 1. The highest BCUT2D eigenvalue weighted by Crippen LogP contribution is 2.26. The van der Waals surface area contributed by atoms with Crippen molar-refractivity contribution in [3.8, 4) is 0 Å². The van der Waals surface area contributed by atoms with Gasteiger partial charge in [-0.2, -0.15) is 0 Å². The van der Waals surface area contributed by atoms with Crippen molar-refractivity contribution in [1.82, 2.24) is 9.47 Å². The Hall–Kier alpha value is -3.08. The molecule has 1 aromatic heterocycles. The Labute approximate surface area is 212 Å². The molecule has 4 nitrogen and oxygen atoms in total. The predicted octanol–water partition coefficient (Wildman–Crippen LogP) is 6.76. The second-order valence-corrected chi connectivity index (χ2v) is 9.94. The van der Waals surface area contributed by atoms with E-state index in [9.17, 15) is 4.79 Å². The molecule has 1 fully saturated rings. The standard InChI is InChI=1S/C30H32ClN3O/c1-2-22-7-6-11-27(18-22)32-30(35)24-13-15-33(16-14-24)21-28-19-25-9-3-4-12-29(25)34(28)20-23-8-5-10-26(31)17-23/h3-12,17-19,24H,2,13-16,20-21H2,1H3,(H,32,35). The van der Waals surface area contributed by atoms with E-state index in [-0.39, 0.29) is 11.8 Å². The number of nitrogens with one attached hydrogen (secondary N) is 1. The second kappa shape index (κ2) is 10.7. The van der Waals surface area contributed by atoms with Crippen LogP contribution in [0, 0.1) is 5.92 Å². The van der Waals surface area contributed by atoms with Gasteiger partial charge in [-0.25, -0.2) is 0 Å². The van der Waals surface area contributed by atoms with E-state index in [1.807, 2.05) is 30.3 Å². The third-order valence-corrected chi connectivity index (χ3v) is 7.31. The van der Waals surface area contributed by atoms with Gasteiger partial charge in [-0.1, -0.05) is 61.0 Å². The Morgan fingerprint density at radius 1 is 0.914 bits per heavy atom. The lowest BCUT2D eigenvalue weighted by Gasteiger charge is -2.31. The molecule has 0 spiro atoms. The lowest BCUT2D eigenvalue weighted by molar-refractivity contribution is -0.121. The van der Waals surface area contributed by atoms with Gasteiger partial charge in [0.25, 0.3) is 0 Å². The Kier molecular flexibility index (Phi) is 7.21. The van der Waals surface area contributed by atoms with Gasteiger partial charge in [-0.05, 0) is 85.3 Å². The largest absolute Gasteiger partial charge is 0.339 e. The van der Waals surface area contributed by atoms with Crippen LogP contribution >= 0.6 is 11.6 Å². The smallest absolute Gasteiger partial charge is 0.227 e. The summed E-state index contributed by atoms with van der Waals surface area (Å²) in [6.07, 6.45) is 2.73. The predicted molar refractivity (Wildman–Crippen MR) is 145 cm³/mol. The number of aryl methyl sites for hydroxylation is 1. The SMILES string of the molecule is CCc1cccc(NC(=O)C2CCN(Cc3cc4ccccc4n3Cc3cccc(Cl)c3)CC2)c1. The van der Waals surface area contributed by atoms with Crippen molar-refractivity contribution in [2.75, 3.05) is 18.4 Å². The summed E-state index contributed by atoms with van der Waals surface area (Å²) in [6.45, 7) is 5.64. The van der Waals surface area contributed by atoms with E-state index in [1.54, 1.807) is 0 Å². The summed E-state index contributed by atoms with van der Waals surface area (Å²) in [4.78, 5) is 15.4. The zero-order valence-electron chi connectivity index (χ0n) is 20.2. The first kappa shape index (κ1) is 23.7. The molecule has 0 aliphatic carbocycles. The number of aromatic nitrogens is 1. The number of para-hydroxylation sites is 1. The van der Waals surface area contributed by atoms with Gasteiger partial charge in [-0.3, -0.25) is 9.69 Å². The molecule has 5 rings (SSSR count). The summed E-state index contributed by atoms with van der Waals surface area (Å²) in [7, 11) is 0. The first-order valence-electron chi connectivity index (χ1n) is 12.5. The molecule has 0 bridgehead atoms. The van der Waals surface area contributed by atoms with Crippen LogP contribution in [0.3, 0.4) is 0 Å². The summed E-state index contributed by atoms with van der Waals surface area (Å²) in [6, 6.07) is 27.1. The maximum absolute atomic E-state index is 12.9. The van der Waals surface area contributed by atoms with E-state index in [4.69, 9.17) is 11.6 Å². The fourth-order valence-electron chi connectivity index (χ4n) is 5.10. The number of halogens is 1. The average Bonchev–Trinajstić information content (AvgIpc) is 3.21. The van der Waals surface area contributed by atoms with Crippen LogP contribution in [0.4, 0.5) is 5.69 Å². The number of rotatable bonds is 7. The zero-order valence-corrected chi connectivity index (χ0v) is 21.0. The monoisotopic (exact) mass is 485 g/mol. The molecule has 2 heterocycles. The first-order chi connectivity index (χ1) is 17.1. The third kappa shape index (κ3) is 5.61. The van der Waals surface area contributed by atoms with Gasteiger partial charge in [0, 0.05) is 40.9 Å². The van der Waals surface area contributed by atoms with Gasteiger partial charge in [0.05, 0.1) is 0 Å². The normalized spacial score (nSPS) is 14.9. The van der Waals surface area contributed by atoms with Gasteiger partial charge in [0.15, 0.2) is 0 Å². The van der Waals surface area contributed by atoms with Crippen molar-refractivity contribution in [2.45, 2.75) is 39.3 Å². The number of piperidine rings is 1. The lowest BCUT2D eigenvalue weighted by atomic mass is 9.95. The van der Waals surface area contributed by atoms with E-state index < -0.39 is 0 Å². The number of anilines is 1. The van der Waals surface area contributed by atoms with Crippen LogP contribution in [-0.2, 0) is 24.3 Å². The zero-order chi connectivity index (χ0) is 24.2. The second-order valence-electron chi connectivity index (χ2n) is 9.50. The van der Waals surface area contributed by atoms with Crippen LogP contribution in [0.2, 0.25) is 5.02 Å². The highest BCUT2D eigenvalue weighted by molar-refractivity contribution is 6.30. The van der Waals surface area contributed by atoms with Crippen LogP contribution < -0.4 is 5.32 Å². The molecule has 180 valence electrons. The fourth-order valence-corrected chi connectivity index (χ4v) is 5.31. The topological polar surface area (TPSA) is 37.3 Å². The molecule has 0 radical (unpaired) electrons. The molecule has 1 aliphatic heterocycles. The minimum absolute atomic E-state index is 0.0638. The van der Waals surface area contributed by atoms with Crippen LogP contribution in [0.15, 0.2) is 78.9 Å². The molecule has 1 saturated heterocycles. The van der Waals surface area contributed by atoms with E-state index >= 15 is 0 Å². The van der Waals surface area contributed by atoms with E-state index in [1.165, 1.54) is 27.7 Å². The molecule has 1 N–H and O–H groups in total. The van der Waals surface area contributed by atoms with Gasteiger partial charge >= 0.3 is 0 Å². The summed E-state index contributed by atoms with van der Waals surface area (Å²) in [5.41, 5.74) is 5.88. The molecule has 1 amide bonds. The minimum Gasteiger partial charge on any atom is -0.339 e. The van der Waals surface area contributed by atoms with E-state index in [2.05, 4.69) is 70.2 Å². The van der Waals surface area contributed by atoms with Gasteiger partial charge in [-0.15, -0.1) is 0 Å². The highest BCUT2D eigenvalue weighted by atomic mass is 35.5. The maximum Gasteiger partial charge on any atom is 0.227 e. The van der Waals surface area contributed by atoms with Crippen molar-refractivity contribution in [3.63, 3.8) is 0 Å². The number of fused-ring (bicyclic) bond motifs is 1. The summed E-state index contributed by atoms with van der Waals surface area (Å²) < 4.78 is 2.40. The first-order valence-corrected chi connectivity index (χ1v) is 12.9. The number of carbonyl (C=O) groups is 1. The lowest BCUT2D eigenvalue weighted by Crippen LogP contribution is -2.38. The van der Waals surface area contributed by atoms with Crippen molar-refractivity contribution in [2.24, 2.45) is 5.92 Å². The molecule has 3 aromatic carbocycles. The summed E-state index contributed by atoms with van der Waals surface area (Å²) in [5.74, 6) is 0.210. The Bertz CT molecular complexity index is 1320.